The Morgan fingerprint density at radius 3 is 2.90 bits per heavy atom. The molecule has 1 heterocycles. The van der Waals surface area contributed by atoms with E-state index in [1.54, 1.807) is 6.08 Å². The summed E-state index contributed by atoms with van der Waals surface area (Å²) in [5.74, 6) is -1.22. The first kappa shape index (κ1) is 5.65. The highest BCUT2D eigenvalue weighted by molar-refractivity contribution is 5.98. The number of hydrogen-bond donors (Lipinski definition) is 0. The highest BCUT2D eigenvalue weighted by Crippen LogP contribution is 2.32. The molecule has 0 aromatic rings. The molecule has 0 unspecified atom stereocenters. The summed E-state index contributed by atoms with van der Waals surface area (Å²) in [6.45, 7) is 0. The van der Waals surface area contributed by atoms with Crippen LogP contribution in [-0.2, 0) is 14.3 Å². The minimum atomic E-state index is -0.385. The van der Waals surface area contributed by atoms with E-state index in [1.165, 1.54) is 0 Å². The van der Waals surface area contributed by atoms with Crippen molar-refractivity contribution in [1.82, 2.24) is 0 Å². The summed E-state index contributed by atoms with van der Waals surface area (Å²) in [7, 11) is 0. The van der Waals surface area contributed by atoms with Crippen LogP contribution >= 0.6 is 0 Å². The van der Waals surface area contributed by atoms with E-state index in [4.69, 9.17) is 0 Å². The quantitative estimate of drug-likeness (QED) is 0.274. The number of ether oxygens (including phenoxy) is 1. The number of hydrogen-bond acceptors (Lipinski definition) is 3. The van der Waals surface area contributed by atoms with E-state index in [0.29, 0.717) is 6.42 Å². The molecule has 0 aromatic carbocycles. The molecule has 1 fully saturated rings. The molecule has 2 rings (SSSR count). The number of esters is 2. The second-order valence-corrected chi connectivity index (χ2v) is 2.54. The van der Waals surface area contributed by atoms with Crippen molar-refractivity contribution in [2.24, 2.45) is 11.8 Å². The molecule has 3 heteroatoms. The third-order valence-corrected chi connectivity index (χ3v) is 1.94. The second-order valence-electron chi connectivity index (χ2n) is 2.54. The molecule has 2 aliphatic rings. The minimum absolute atomic E-state index is 0.201. The third kappa shape index (κ3) is 0.546. The molecular formula is C7H6O3. The average Bonchev–Trinajstić information content (AvgIpc) is 2.39. The van der Waals surface area contributed by atoms with Gasteiger partial charge in [-0.25, -0.2) is 0 Å². The lowest BCUT2D eigenvalue weighted by Gasteiger charge is -1.96. The van der Waals surface area contributed by atoms with Gasteiger partial charge in [0, 0.05) is 0 Å². The van der Waals surface area contributed by atoms with Crippen LogP contribution in [-0.4, -0.2) is 11.9 Å². The summed E-state index contributed by atoms with van der Waals surface area (Å²) in [4.78, 5) is 21.6. The Morgan fingerprint density at radius 1 is 1.40 bits per heavy atom. The standard InChI is InChI=1S/C7H6O3/c8-6-4-2-1-3-5(4)7(9)10-6/h1-2,4-5H,3H2/t4-,5+/m1/s1. The molecule has 1 saturated heterocycles. The van der Waals surface area contributed by atoms with E-state index in [0.717, 1.165) is 0 Å². The van der Waals surface area contributed by atoms with Crippen molar-refractivity contribution in [2.45, 2.75) is 6.42 Å². The fraction of sp³-hybridized carbons (Fsp3) is 0.429. The molecule has 2 atom stereocenters. The summed E-state index contributed by atoms with van der Waals surface area (Å²) in [5, 5.41) is 0. The zero-order chi connectivity index (χ0) is 7.14. The number of carbonyl (C=O) groups excluding carboxylic acids is 2. The summed E-state index contributed by atoms with van der Waals surface area (Å²) in [5.41, 5.74) is 0. The van der Waals surface area contributed by atoms with Gasteiger partial charge in [0.25, 0.3) is 0 Å². The lowest BCUT2D eigenvalue weighted by molar-refractivity contribution is -0.153. The molecule has 52 valence electrons. The van der Waals surface area contributed by atoms with Crippen LogP contribution in [0.4, 0.5) is 0 Å². The van der Waals surface area contributed by atoms with Gasteiger partial charge in [0.05, 0.1) is 11.8 Å². The normalized spacial score (nSPS) is 36.4. The summed E-state index contributed by atoms with van der Waals surface area (Å²) in [6, 6.07) is 0. The topological polar surface area (TPSA) is 43.4 Å². The first-order valence-electron chi connectivity index (χ1n) is 3.21. The average molecular weight is 138 g/mol. The first-order valence-corrected chi connectivity index (χ1v) is 3.21. The van der Waals surface area contributed by atoms with Crippen molar-refractivity contribution in [3.63, 3.8) is 0 Å². The Labute approximate surface area is 57.7 Å². The Hall–Kier alpha value is -1.12. The largest absolute Gasteiger partial charge is 0.392 e. The summed E-state index contributed by atoms with van der Waals surface area (Å²) in [6.07, 6.45) is 4.26. The molecular weight excluding hydrogens is 132 g/mol. The second kappa shape index (κ2) is 1.68. The predicted octanol–water partition coefficient (Wildman–Crippen LogP) is 0.262. The maximum Gasteiger partial charge on any atom is 0.321 e. The number of allylic oxidation sites excluding steroid dienone is 1. The van der Waals surface area contributed by atoms with E-state index in [2.05, 4.69) is 4.74 Å². The Bertz CT molecular complexity index is 229. The van der Waals surface area contributed by atoms with Gasteiger partial charge in [0.1, 0.15) is 0 Å². The van der Waals surface area contributed by atoms with Crippen molar-refractivity contribution in [2.75, 3.05) is 0 Å². The number of fused-ring (bicyclic) bond motifs is 1. The molecule has 1 aliphatic heterocycles. The molecule has 3 nitrogen and oxygen atoms in total. The molecule has 0 N–H and O–H groups in total. The fourth-order valence-corrected chi connectivity index (χ4v) is 1.38. The van der Waals surface area contributed by atoms with Crippen molar-refractivity contribution < 1.29 is 14.3 Å². The van der Waals surface area contributed by atoms with Gasteiger partial charge < -0.3 is 4.74 Å². The molecule has 10 heavy (non-hydrogen) atoms. The van der Waals surface area contributed by atoms with Gasteiger partial charge in [-0.15, -0.1) is 0 Å². The van der Waals surface area contributed by atoms with Crippen LogP contribution < -0.4 is 0 Å². The van der Waals surface area contributed by atoms with Crippen molar-refractivity contribution in [1.29, 1.82) is 0 Å². The van der Waals surface area contributed by atoms with Crippen LogP contribution in [0.5, 0.6) is 0 Å². The van der Waals surface area contributed by atoms with Gasteiger partial charge in [-0.1, -0.05) is 12.2 Å². The van der Waals surface area contributed by atoms with E-state index in [1.807, 2.05) is 6.08 Å². The molecule has 0 amide bonds. The summed E-state index contributed by atoms with van der Waals surface area (Å²) >= 11 is 0. The highest BCUT2D eigenvalue weighted by Gasteiger charge is 2.44. The number of rotatable bonds is 0. The van der Waals surface area contributed by atoms with Gasteiger partial charge in [0.2, 0.25) is 0 Å². The molecule has 1 aliphatic carbocycles. The monoisotopic (exact) mass is 138 g/mol. The lowest BCUT2D eigenvalue weighted by Crippen LogP contribution is -2.09. The van der Waals surface area contributed by atoms with E-state index >= 15 is 0 Å². The molecule has 0 spiro atoms. The van der Waals surface area contributed by atoms with Crippen LogP contribution in [0.2, 0.25) is 0 Å². The third-order valence-electron chi connectivity index (χ3n) is 1.94. The zero-order valence-electron chi connectivity index (χ0n) is 5.24. The number of cyclic esters (lactones) is 2. The van der Waals surface area contributed by atoms with Gasteiger partial charge in [-0.2, -0.15) is 0 Å². The van der Waals surface area contributed by atoms with Crippen LogP contribution in [0.1, 0.15) is 6.42 Å². The highest BCUT2D eigenvalue weighted by atomic mass is 16.6. The van der Waals surface area contributed by atoms with Gasteiger partial charge in [-0.3, -0.25) is 9.59 Å². The molecule has 0 aromatic heterocycles. The molecule has 0 radical (unpaired) electrons. The molecule has 0 saturated carbocycles. The Kier molecular flexibility index (Phi) is 0.952. The fourth-order valence-electron chi connectivity index (χ4n) is 1.38. The van der Waals surface area contributed by atoms with Gasteiger partial charge in [0.15, 0.2) is 0 Å². The maximum atomic E-state index is 10.8. The molecule has 0 bridgehead atoms. The van der Waals surface area contributed by atoms with Crippen molar-refractivity contribution >= 4 is 11.9 Å². The smallest absolute Gasteiger partial charge is 0.321 e. The Balaban J connectivity index is 2.33. The van der Waals surface area contributed by atoms with Crippen LogP contribution in [0, 0.1) is 11.8 Å². The SMILES string of the molecule is O=C1OC(=O)[C@@H]2C=CC[C@H]12. The van der Waals surface area contributed by atoms with E-state index < -0.39 is 0 Å². The minimum Gasteiger partial charge on any atom is -0.392 e. The zero-order valence-corrected chi connectivity index (χ0v) is 5.24. The lowest BCUT2D eigenvalue weighted by atomic mass is 9.99. The van der Waals surface area contributed by atoms with E-state index in [-0.39, 0.29) is 23.8 Å². The van der Waals surface area contributed by atoms with E-state index in [9.17, 15) is 9.59 Å². The summed E-state index contributed by atoms with van der Waals surface area (Å²) < 4.78 is 4.40. The first-order chi connectivity index (χ1) is 4.79. The van der Waals surface area contributed by atoms with Crippen molar-refractivity contribution in [3.05, 3.63) is 12.2 Å². The van der Waals surface area contributed by atoms with Gasteiger partial charge in [-0.05, 0) is 6.42 Å². The van der Waals surface area contributed by atoms with Gasteiger partial charge >= 0.3 is 11.9 Å². The van der Waals surface area contributed by atoms with Crippen LogP contribution in [0.3, 0.4) is 0 Å². The number of carbonyl (C=O) groups is 2. The van der Waals surface area contributed by atoms with Crippen LogP contribution in [0.15, 0.2) is 12.2 Å². The predicted molar refractivity (Wildman–Crippen MR) is 31.8 cm³/mol. The van der Waals surface area contributed by atoms with Crippen LogP contribution in [0.25, 0.3) is 0 Å². The maximum absolute atomic E-state index is 10.8. The Morgan fingerprint density at radius 2 is 2.20 bits per heavy atom. The van der Waals surface area contributed by atoms with Crippen molar-refractivity contribution in [3.8, 4) is 0 Å².